The summed E-state index contributed by atoms with van der Waals surface area (Å²) >= 11 is 0.640. The Kier molecular flexibility index (Phi) is 9.58. The Morgan fingerprint density at radius 1 is 0.905 bits per heavy atom. The van der Waals surface area contributed by atoms with Gasteiger partial charge in [0.05, 0.1) is 17.2 Å². The van der Waals surface area contributed by atoms with Gasteiger partial charge in [-0.1, -0.05) is 12.1 Å². The number of rotatable bonds is 10. The number of ether oxygens (including phenoxy) is 2. The van der Waals surface area contributed by atoms with Crippen LogP contribution < -0.4 is 20.1 Å². The van der Waals surface area contributed by atoms with Gasteiger partial charge in [-0.2, -0.15) is 0 Å². The van der Waals surface area contributed by atoms with E-state index in [9.17, 15) is 28.0 Å². The van der Waals surface area contributed by atoms with Crippen LogP contribution in [0.2, 0.25) is 0 Å². The molecule has 1 fully saturated rings. The van der Waals surface area contributed by atoms with Crippen LogP contribution in [-0.4, -0.2) is 47.6 Å². The summed E-state index contributed by atoms with van der Waals surface area (Å²) in [5.74, 6) is -3.06. The minimum Gasteiger partial charge on any atom is -0.490 e. The molecule has 0 radical (unpaired) electrons. The van der Waals surface area contributed by atoms with E-state index in [4.69, 9.17) is 9.47 Å². The summed E-state index contributed by atoms with van der Waals surface area (Å²) in [4.78, 5) is 50.9. The smallest absolute Gasteiger partial charge is 0.294 e. The number of nitrogens with zero attached hydrogens (tertiary/aromatic N) is 1. The Bertz CT molecular complexity index is 1590. The first-order valence-corrected chi connectivity index (χ1v) is 13.6. The Morgan fingerprint density at radius 2 is 1.69 bits per heavy atom. The molecule has 0 aromatic heterocycles. The second-order valence-corrected chi connectivity index (χ2v) is 10.2. The summed E-state index contributed by atoms with van der Waals surface area (Å²) in [6, 6.07) is 13.0. The SMILES string of the molecule is CCOc1cc(/C=C2/SC(=O)N(CC(=O)Nc3ccc(F)cc3F)C2=O)ccc1OCC(=O)Nc1ccc(C)c(C)c1. The molecular formula is C30H27F2N3O6S. The molecule has 3 aromatic rings. The van der Waals surface area contributed by atoms with Crippen molar-refractivity contribution in [2.45, 2.75) is 20.8 Å². The van der Waals surface area contributed by atoms with Gasteiger partial charge in [0, 0.05) is 11.8 Å². The lowest BCUT2D eigenvalue weighted by atomic mass is 10.1. The van der Waals surface area contributed by atoms with Crippen LogP contribution in [0, 0.1) is 25.5 Å². The van der Waals surface area contributed by atoms with E-state index >= 15 is 0 Å². The molecule has 1 heterocycles. The lowest BCUT2D eigenvalue weighted by Crippen LogP contribution is -2.36. The van der Waals surface area contributed by atoms with E-state index in [1.807, 2.05) is 26.0 Å². The first-order chi connectivity index (χ1) is 20.0. The van der Waals surface area contributed by atoms with Crippen molar-refractivity contribution >= 4 is 52.2 Å². The second kappa shape index (κ2) is 13.3. The van der Waals surface area contributed by atoms with Crippen LogP contribution in [0.4, 0.5) is 25.0 Å². The van der Waals surface area contributed by atoms with Crippen molar-refractivity contribution in [2.24, 2.45) is 0 Å². The maximum absolute atomic E-state index is 13.8. The van der Waals surface area contributed by atoms with Crippen LogP contribution in [0.15, 0.2) is 59.5 Å². The van der Waals surface area contributed by atoms with Gasteiger partial charge in [-0.3, -0.25) is 24.1 Å². The zero-order valence-electron chi connectivity index (χ0n) is 23.0. The number of imide groups is 1. The van der Waals surface area contributed by atoms with Gasteiger partial charge in [0.1, 0.15) is 18.2 Å². The predicted octanol–water partition coefficient (Wildman–Crippen LogP) is 5.67. The number of carbonyl (C=O) groups excluding carboxylic acids is 4. The number of hydrogen-bond donors (Lipinski definition) is 2. The largest absolute Gasteiger partial charge is 0.490 e. The van der Waals surface area contributed by atoms with Gasteiger partial charge in [-0.25, -0.2) is 8.78 Å². The number of carbonyl (C=O) groups is 4. The van der Waals surface area contributed by atoms with Crippen molar-refractivity contribution < 1.29 is 37.4 Å². The predicted molar refractivity (Wildman–Crippen MR) is 155 cm³/mol. The third-order valence-electron chi connectivity index (χ3n) is 6.10. The van der Waals surface area contributed by atoms with Crippen molar-refractivity contribution in [1.29, 1.82) is 0 Å². The highest BCUT2D eigenvalue weighted by Crippen LogP contribution is 2.35. The molecule has 0 saturated carbocycles. The lowest BCUT2D eigenvalue weighted by Gasteiger charge is -2.13. The van der Waals surface area contributed by atoms with E-state index in [-0.39, 0.29) is 23.1 Å². The Labute approximate surface area is 244 Å². The Morgan fingerprint density at radius 3 is 2.40 bits per heavy atom. The number of halogens is 2. The summed E-state index contributed by atoms with van der Waals surface area (Å²) in [5, 5.41) is 4.32. The molecular weight excluding hydrogens is 568 g/mol. The highest BCUT2D eigenvalue weighted by atomic mass is 32.2. The molecule has 1 aliphatic heterocycles. The molecule has 218 valence electrons. The molecule has 0 atom stereocenters. The second-order valence-electron chi connectivity index (χ2n) is 9.22. The monoisotopic (exact) mass is 595 g/mol. The number of nitrogens with one attached hydrogen (secondary N) is 2. The summed E-state index contributed by atoms with van der Waals surface area (Å²) < 4.78 is 38.3. The van der Waals surface area contributed by atoms with Crippen molar-refractivity contribution in [3.63, 3.8) is 0 Å². The van der Waals surface area contributed by atoms with Gasteiger partial charge in [0.15, 0.2) is 18.1 Å². The highest BCUT2D eigenvalue weighted by Gasteiger charge is 2.36. The number of anilines is 2. The van der Waals surface area contributed by atoms with Crippen LogP contribution in [-0.2, 0) is 14.4 Å². The normalized spacial score (nSPS) is 13.8. The van der Waals surface area contributed by atoms with Gasteiger partial charge in [0.25, 0.3) is 17.1 Å². The van der Waals surface area contributed by atoms with E-state index < -0.39 is 35.2 Å². The van der Waals surface area contributed by atoms with Gasteiger partial charge in [-0.05, 0) is 91.7 Å². The van der Waals surface area contributed by atoms with Crippen molar-refractivity contribution in [3.8, 4) is 11.5 Å². The van der Waals surface area contributed by atoms with E-state index in [0.717, 1.165) is 28.2 Å². The zero-order chi connectivity index (χ0) is 30.4. The van der Waals surface area contributed by atoms with Crippen molar-refractivity contribution in [1.82, 2.24) is 4.90 Å². The highest BCUT2D eigenvalue weighted by molar-refractivity contribution is 8.18. The number of amides is 4. The zero-order valence-corrected chi connectivity index (χ0v) is 23.8. The summed E-state index contributed by atoms with van der Waals surface area (Å²) in [6.07, 6.45) is 1.46. The van der Waals surface area contributed by atoms with Crippen molar-refractivity contribution in [2.75, 3.05) is 30.4 Å². The Balaban J connectivity index is 1.40. The summed E-state index contributed by atoms with van der Waals surface area (Å²) in [7, 11) is 0. The van der Waals surface area contributed by atoms with Gasteiger partial charge in [-0.15, -0.1) is 0 Å². The molecule has 1 aliphatic rings. The first-order valence-electron chi connectivity index (χ1n) is 12.8. The van der Waals surface area contributed by atoms with E-state index in [2.05, 4.69) is 10.6 Å². The fourth-order valence-electron chi connectivity index (χ4n) is 3.87. The minimum atomic E-state index is -0.989. The Hall–Kier alpha value is -4.71. The molecule has 1 saturated heterocycles. The van der Waals surface area contributed by atoms with E-state index in [1.54, 1.807) is 31.2 Å². The quantitative estimate of drug-likeness (QED) is 0.290. The van der Waals surface area contributed by atoms with Crippen molar-refractivity contribution in [3.05, 3.63) is 87.8 Å². The summed E-state index contributed by atoms with van der Waals surface area (Å²) in [5.41, 5.74) is 3.04. The fourth-order valence-corrected chi connectivity index (χ4v) is 4.71. The maximum Gasteiger partial charge on any atom is 0.294 e. The molecule has 2 N–H and O–H groups in total. The molecule has 4 amide bonds. The van der Waals surface area contributed by atoms with Crippen LogP contribution in [0.3, 0.4) is 0 Å². The van der Waals surface area contributed by atoms with Crippen LogP contribution in [0.1, 0.15) is 23.6 Å². The number of aryl methyl sites for hydroxylation is 2. The molecule has 12 heteroatoms. The number of benzene rings is 3. The maximum atomic E-state index is 13.8. The van der Waals surface area contributed by atoms with Crippen LogP contribution in [0.5, 0.6) is 11.5 Å². The molecule has 0 unspecified atom stereocenters. The van der Waals surface area contributed by atoms with E-state index in [1.165, 1.54) is 6.08 Å². The van der Waals surface area contributed by atoms with Crippen LogP contribution in [0.25, 0.3) is 6.08 Å². The average Bonchev–Trinajstić information content (AvgIpc) is 3.19. The minimum absolute atomic E-state index is 0.0599. The molecule has 3 aromatic carbocycles. The van der Waals surface area contributed by atoms with Gasteiger partial charge >= 0.3 is 0 Å². The molecule has 0 bridgehead atoms. The third-order valence-corrected chi connectivity index (χ3v) is 7.00. The van der Waals surface area contributed by atoms with Crippen LogP contribution >= 0.6 is 11.8 Å². The topological polar surface area (TPSA) is 114 Å². The molecule has 9 nitrogen and oxygen atoms in total. The summed E-state index contributed by atoms with van der Waals surface area (Å²) in [6.45, 7) is 5.09. The molecule has 42 heavy (non-hydrogen) atoms. The molecule has 0 aliphatic carbocycles. The third kappa shape index (κ3) is 7.52. The van der Waals surface area contributed by atoms with Gasteiger partial charge < -0.3 is 20.1 Å². The van der Waals surface area contributed by atoms with Gasteiger partial charge in [0.2, 0.25) is 5.91 Å². The lowest BCUT2D eigenvalue weighted by molar-refractivity contribution is -0.127. The first kappa shape index (κ1) is 30.3. The number of hydrogen-bond acceptors (Lipinski definition) is 7. The molecule has 0 spiro atoms. The standard InChI is InChI=1S/C30H27F2N3O6S/c1-4-40-25-12-19(6-10-24(25)41-16-28(37)33-21-8-5-17(2)18(3)11-21)13-26-29(38)35(30(39)42-26)15-27(36)34-23-9-7-20(31)14-22(23)32/h5-14H,4,15-16H2,1-3H3,(H,33,37)(H,34,36)/b26-13+. The number of thioether (sulfide) groups is 1. The van der Waals surface area contributed by atoms with E-state index in [0.29, 0.717) is 47.2 Å². The fraction of sp³-hybridized carbons (Fsp3) is 0.200. The molecule has 4 rings (SSSR count). The average molecular weight is 596 g/mol.